The van der Waals surface area contributed by atoms with E-state index in [1.807, 2.05) is 0 Å². The van der Waals surface area contributed by atoms with Crippen LogP contribution in [0.5, 0.6) is 0 Å². The van der Waals surface area contributed by atoms with Gasteiger partial charge in [0.15, 0.2) is 0 Å². The average molecular weight is 212 g/mol. The van der Waals surface area contributed by atoms with Crippen LogP contribution in [0, 0.1) is 5.92 Å². The zero-order chi connectivity index (χ0) is 11.1. The first-order chi connectivity index (χ1) is 7.31. The second-order valence-electron chi connectivity index (χ2n) is 4.91. The molecule has 0 aromatic carbocycles. The quantitative estimate of drug-likeness (QED) is 0.733. The molecule has 0 heterocycles. The average Bonchev–Trinajstić information content (AvgIpc) is 2.29. The molecule has 0 saturated heterocycles. The van der Waals surface area contributed by atoms with Crippen LogP contribution in [0.15, 0.2) is 0 Å². The van der Waals surface area contributed by atoms with Gasteiger partial charge in [-0.2, -0.15) is 0 Å². The van der Waals surface area contributed by atoms with Crippen LogP contribution in [-0.4, -0.2) is 30.6 Å². The minimum Gasteiger partial charge on any atom is -0.329 e. The molecule has 2 nitrogen and oxygen atoms in total. The van der Waals surface area contributed by atoms with Crippen LogP contribution in [0.25, 0.3) is 0 Å². The first kappa shape index (κ1) is 13.0. The normalized spacial score (nSPS) is 27.2. The topological polar surface area (TPSA) is 29.3 Å². The monoisotopic (exact) mass is 212 g/mol. The molecule has 0 amide bonds. The zero-order valence-electron chi connectivity index (χ0n) is 10.5. The van der Waals surface area contributed by atoms with E-state index < -0.39 is 0 Å². The lowest BCUT2D eigenvalue weighted by Crippen LogP contribution is -2.41. The summed E-state index contributed by atoms with van der Waals surface area (Å²) in [6.07, 6.45) is 8.31. The Morgan fingerprint density at radius 2 is 1.73 bits per heavy atom. The van der Waals surface area contributed by atoms with Gasteiger partial charge >= 0.3 is 0 Å². The van der Waals surface area contributed by atoms with Gasteiger partial charge in [-0.1, -0.05) is 20.3 Å². The van der Waals surface area contributed by atoms with Crippen molar-refractivity contribution in [1.82, 2.24) is 4.90 Å². The highest BCUT2D eigenvalue weighted by Crippen LogP contribution is 2.29. The fraction of sp³-hybridized carbons (Fsp3) is 1.00. The van der Waals surface area contributed by atoms with Crippen molar-refractivity contribution < 1.29 is 0 Å². The maximum atomic E-state index is 5.68. The molecule has 1 rings (SSSR count). The fourth-order valence-electron chi connectivity index (χ4n) is 2.85. The van der Waals surface area contributed by atoms with Crippen molar-refractivity contribution in [3.05, 3.63) is 0 Å². The van der Waals surface area contributed by atoms with E-state index in [2.05, 4.69) is 18.7 Å². The van der Waals surface area contributed by atoms with Crippen LogP contribution in [0.4, 0.5) is 0 Å². The lowest BCUT2D eigenvalue weighted by Gasteiger charge is -2.36. The maximum Gasteiger partial charge on any atom is 0.0108 e. The van der Waals surface area contributed by atoms with Crippen LogP contribution < -0.4 is 5.73 Å². The molecular weight excluding hydrogens is 184 g/mol. The number of nitrogens with two attached hydrogens (primary N) is 1. The predicted octanol–water partition coefficient (Wildman–Crippen LogP) is 2.63. The molecule has 0 aliphatic heterocycles. The first-order valence-corrected chi connectivity index (χ1v) is 6.75. The third-order valence-electron chi connectivity index (χ3n) is 3.84. The molecule has 1 aliphatic carbocycles. The lowest BCUT2D eigenvalue weighted by atomic mass is 9.84. The van der Waals surface area contributed by atoms with Crippen LogP contribution in [-0.2, 0) is 0 Å². The van der Waals surface area contributed by atoms with Gasteiger partial charge < -0.3 is 5.73 Å². The molecule has 15 heavy (non-hydrogen) atoms. The predicted molar refractivity (Wildman–Crippen MR) is 67.0 cm³/mol. The molecule has 0 spiro atoms. The standard InChI is InChI=1S/C13H28N2/c1-3-10-15(11-9-14)13-7-5-12(4-2)6-8-13/h12-13H,3-11,14H2,1-2H3. The van der Waals surface area contributed by atoms with E-state index in [1.165, 1.54) is 45.1 Å². The van der Waals surface area contributed by atoms with Crippen molar-refractivity contribution in [3.8, 4) is 0 Å². The van der Waals surface area contributed by atoms with Crippen LogP contribution in [0.1, 0.15) is 52.4 Å². The highest BCUT2D eigenvalue weighted by atomic mass is 15.2. The Labute approximate surface area is 95.2 Å². The van der Waals surface area contributed by atoms with Crippen molar-refractivity contribution in [2.24, 2.45) is 11.7 Å². The molecule has 0 aromatic rings. The van der Waals surface area contributed by atoms with Gasteiger partial charge in [0, 0.05) is 19.1 Å². The molecular formula is C13H28N2. The van der Waals surface area contributed by atoms with Crippen LogP contribution in [0.3, 0.4) is 0 Å². The van der Waals surface area contributed by atoms with E-state index in [4.69, 9.17) is 5.73 Å². The minimum absolute atomic E-state index is 0.813. The summed E-state index contributed by atoms with van der Waals surface area (Å²) in [5.41, 5.74) is 5.68. The number of hydrogen-bond acceptors (Lipinski definition) is 2. The smallest absolute Gasteiger partial charge is 0.0108 e. The van der Waals surface area contributed by atoms with Crippen molar-refractivity contribution in [2.45, 2.75) is 58.4 Å². The van der Waals surface area contributed by atoms with E-state index in [9.17, 15) is 0 Å². The SMILES string of the molecule is CCCN(CCN)C1CCC(CC)CC1. The first-order valence-electron chi connectivity index (χ1n) is 6.75. The van der Waals surface area contributed by atoms with Gasteiger partial charge in [0.05, 0.1) is 0 Å². The second-order valence-corrected chi connectivity index (χ2v) is 4.91. The third kappa shape index (κ3) is 4.12. The molecule has 1 aliphatic rings. The number of rotatable bonds is 6. The summed E-state index contributed by atoms with van der Waals surface area (Å²) in [4.78, 5) is 2.62. The molecule has 90 valence electrons. The summed E-state index contributed by atoms with van der Waals surface area (Å²) in [6, 6.07) is 0.830. The maximum absolute atomic E-state index is 5.68. The van der Waals surface area contributed by atoms with E-state index in [0.29, 0.717) is 0 Å². The van der Waals surface area contributed by atoms with Gasteiger partial charge in [-0.25, -0.2) is 0 Å². The van der Waals surface area contributed by atoms with Crippen molar-refractivity contribution >= 4 is 0 Å². The third-order valence-corrected chi connectivity index (χ3v) is 3.84. The van der Waals surface area contributed by atoms with Gasteiger partial charge in [0.2, 0.25) is 0 Å². The van der Waals surface area contributed by atoms with Gasteiger partial charge in [-0.3, -0.25) is 4.90 Å². The molecule has 2 N–H and O–H groups in total. The van der Waals surface area contributed by atoms with E-state index in [-0.39, 0.29) is 0 Å². The fourth-order valence-corrected chi connectivity index (χ4v) is 2.85. The Kier molecular flexibility index (Phi) is 6.26. The van der Waals surface area contributed by atoms with Gasteiger partial charge in [0.25, 0.3) is 0 Å². The summed E-state index contributed by atoms with van der Waals surface area (Å²) in [6.45, 7) is 7.73. The van der Waals surface area contributed by atoms with E-state index in [1.54, 1.807) is 0 Å². The Hall–Kier alpha value is -0.0800. The summed E-state index contributed by atoms with van der Waals surface area (Å²) in [5.74, 6) is 1.00. The largest absolute Gasteiger partial charge is 0.329 e. The Morgan fingerprint density at radius 3 is 2.20 bits per heavy atom. The minimum atomic E-state index is 0.813. The van der Waals surface area contributed by atoms with Crippen molar-refractivity contribution in [3.63, 3.8) is 0 Å². The summed E-state index contributed by atoms with van der Waals surface area (Å²) < 4.78 is 0. The highest BCUT2D eigenvalue weighted by molar-refractivity contribution is 4.79. The molecule has 0 aromatic heterocycles. The molecule has 0 radical (unpaired) electrons. The van der Waals surface area contributed by atoms with Crippen molar-refractivity contribution in [2.75, 3.05) is 19.6 Å². The highest BCUT2D eigenvalue weighted by Gasteiger charge is 2.23. The van der Waals surface area contributed by atoms with Gasteiger partial charge in [-0.15, -0.1) is 0 Å². The van der Waals surface area contributed by atoms with E-state index >= 15 is 0 Å². The summed E-state index contributed by atoms with van der Waals surface area (Å²) in [7, 11) is 0. The van der Waals surface area contributed by atoms with Crippen LogP contribution in [0.2, 0.25) is 0 Å². The molecule has 0 atom stereocenters. The van der Waals surface area contributed by atoms with Crippen LogP contribution >= 0.6 is 0 Å². The summed E-state index contributed by atoms with van der Waals surface area (Å²) >= 11 is 0. The number of hydrogen-bond donors (Lipinski definition) is 1. The Bertz CT molecular complexity index is 145. The molecule has 1 saturated carbocycles. The summed E-state index contributed by atoms with van der Waals surface area (Å²) in [5, 5.41) is 0. The number of nitrogens with zero attached hydrogens (tertiary/aromatic N) is 1. The Morgan fingerprint density at radius 1 is 1.07 bits per heavy atom. The lowest BCUT2D eigenvalue weighted by molar-refractivity contribution is 0.138. The molecule has 0 bridgehead atoms. The van der Waals surface area contributed by atoms with E-state index in [0.717, 1.165) is 25.0 Å². The molecule has 0 unspecified atom stereocenters. The van der Waals surface area contributed by atoms with Gasteiger partial charge in [-0.05, 0) is 44.6 Å². The van der Waals surface area contributed by atoms with Crippen molar-refractivity contribution in [1.29, 1.82) is 0 Å². The molecule has 2 heteroatoms. The molecule has 1 fully saturated rings. The Balaban J connectivity index is 2.34. The van der Waals surface area contributed by atoms with Gasteiger partial charge in [0.1, 0.15) is 0 Å². The second kappa shape index (κ2) is 7.24. The zero-order valence-corrected chi connectivity index (χ0v) is 10.5.